The number of nitrogens with one attached hydrogen (secondary N) is 1. The smallest absolute Gasteiger partial charge is 0.270 e. The monoisotopic (exact) mass is 496 g/mol. The van der Waals surface area contributed by atoms with Gasteiger partial charge in [-0.3, -0.25) is 19.2 Å². The zero-order valence-electron chi connectivity index (χ0n) is 19.3. The predicted molar refractivity (Wildman–Crippen MR) is 132 cm³/mol. The lowest BCUT2D eigenvalue weighted by Gasteiger charge is -2.24. The molecule has 0 fully saturated rings. The van der Waals surface area contributed by atoms with Crippen molar-refractivity contribution in [2.24, 2.45) is 5.10 Å². The number of benzene rings is 3. The Kier molecular flexibility index (Phi) is 7.82. The molecule has 3 aromatic carbocycles. The summed E-state index contributed by atoms with van der Waals surface area (Å²) in [5.41, 5.74) is 4.23. The van der Waals surface area contributed by atoms with E-state index < -0.39 is 27.4 Å². The summed E-state index contributed by atoms with van der Waals surface area (Å²) in [5.74, 6) is -0.193. The Bertz CT molecular complexity index is 1350. The number of non-ortho nitro benzene ring substituents is 1. The highest BCUT2D eigenvalue weighted by Gasteiger charge is 2.27. The number of carbonyl (C=O) groups excluding carboxylic acids is 1. The minimum absolute atomic E-state index is 0.0112. The zero-order valence-corrected chi connectivity index (χ0v) is 20.2. The number of carbonyl (C=O) groups is 1. The van der Waals surface area contributed by atoms with E-state index >= 15 is 0 Å². The Morgan fingerprint density at radius 1 is 1.09 bits per heavy atom. The van der Waals surface area contributed by atoms with Crippen molar-refractivity contribution >= 4 is 33.0 Å². The van der Waals surface area contributed by atoms with Gasteiger partial charge in [-0.05, 0) is 50.2 Å². The molecule has 10 nitrogen and oxygen atoms in total. The summed E-state index contributed by atoms with van der Waals surface area (Å²) < 4.78 is 32.9. The molecule has 0 spiro atoms. The van der Waals surface area contributed by atoms with Gasteiger partial charge in [-0.25, -0.2) is 13.8 Å². The van der Waals surface area contributed by atoms with Crippen molar-refractivity contribution < 1.29 is 22.9 Å². The summed E-state index contributed by atoms with van der Waals surface area (Å²) in [7, 11) is -2.62. The van der Waals surface area contributed by atoms with Gasteiger partial charge in [0, 0.05) is 17.7 Å². The Morgan fingerprint density at radius 2 is 1.74 bits per heavy atom. The van der Waals surface area contributed by atoms with Crippen LogP contribution in [-0.2, 0) is 14.8 Å². The number of ether oxygens (including phenoxy) is 1. The molecule has 0 aliphatic rings. The van der Waals surface area contributed by atoms with Crippen molar-refractivity contribution in [3.8, 4) is 5.75 Å². The van der Waals surface area contributed by atoms with Crippen LogP contribution in [0.1, 0.15) is 18.1 Å². The lowest BCUT2D eigenvalue weighted by molar-refractivity contribution is -0.384. The molecule has 0 heterocycles. The molecule has 1 amide bonds. The molecule has 1 N–H and O–H groups in total. The topological polar surface area (TPSA) is 131 Å². The fourth-order valence-corrected chi connectivity index (χ4v) is 4.54. The normalized spacial score (nSPS) is 11.6. The van der Waals surface area contributed by atoms with E-state index in [2.05, 4.69) is 10.5 Å². The minimum Gasteiger partial charge on any atom is -0.497 e. The van der Waals surface area contributed by atoms with Crippen LogP contribution in [0.15, 0.2) is 82.8 Å². The summed E-state index contributed by atoms with van der Waals surface area (Å²) in [6, 6.07) is 18.4. The summed E-state index contributed by atoms with van der Waals surface area (Å²) >= 11 is 0. The van der Waals surface area contributed by atoms with Crippen molar-refractivity contribution in [1.29, 1.82) is 0 Å². The molecule has 0 saturated carbocycles. The predicted octanol–water partition coefficient (Wildman–Crippen LogP) is 3.65. The Balaban J connectivity index is 1.86. The van der Waals surface area contributed by atoms with E-state index in [4.69, 9.17) is 4.74 Å². The van der Waals surface area contributed by atoms with E-state index in [0.717, 1.165) is 9.87 Å². The van der Waals surface area contributed by atoms with Crippen LogP contribution in [-0.4, -0.2) is 38.6 Å². The maximum atomic E-state index is 13.4. The van der Waals surface area contributed by atoms with Gasteiger partial charge in [-0.2, -0.15) is 5.10 Å². The molecule has 0 aliphatic carbocycles. The second-order valence-electron chi connectivity index (χ2n) is 7.56. The Hall–Kier alpha value is -4.25. The van der Waals surface area contributed by atoms with Crippen LogP contribution >= 0.6 is 0 Å². The second-order valence-corrected chi connectivity index (χ2v) is 9.42. The number of nitro benzene ring substituents is 1. The SMILES string of the molecule is COc1ccc(S(=O)(=O)N(CC(=O)N/N=C(/C)c2cccc([N+](=O)[O-])c2)c2ccc(C)cc2)cc1. The van der Waals surface area contributed by atoms with E-state index in [1.165, 1.54) is 49.6 Å². The fraction of sp³-hybridized carbons (Fsp3) is 0.167. The largest absolute Gasteiger partial charge is 0.497 e. The van der Waals surface area contributed by atoms with Gasteiger partial charge >= 0.3 is 0 Å². The van der Waals surface area contributed by atoms with Crippen LogP contribution < -0.4 is 14.5 Å². The molecule has 0 aromatic heterocycles. The van der Waals surface area contributed by atoms with Crippen molar-refractivity contribution in [2.45, 2.75) is 18.7 Å². The summed E-state index contributed by atoms with van der Waals surface area (Å²) in [6.45, 7) is 2.90. The van der Waals surface area contributed by atoms with Crippen LogP contribution in [0.4, 0.5) is 11.4 Å². The lowest BCUT2D eigenvalue weighted by Crippen LogP contribution is -2.39. The van der Waals surface area contributed by atoms with Gasteiger partial charge in [0.15, 0.2) is 0 Å². The highest BCUT2D eigenvalue weighted by Crippen LogP contribution is 2.25. The first kappa shape index (κ1) is 25.4. The van der Waals surface area contributed by atoms with Crippen LogP contribution in [0.3, 0.4) is 0 Å². The van der Waals surface area contributed by atoms with E-state index in [0.29, 0.717) is 22.7 Å². The third kappa shape index (κ3) is 6.21. The number of sulfonamides is 1. The van der Waals surface area contributed by atoms with Gasteiger partial charge in [0.1, 0.15) is 12.3 Å². The number of aryl methyl sites for hydroxylation is 1. The van der Waals surface area contributed by atoms with Crippen molar-refractivity contribution in [2.75, 3.05) is 18.0 Å². The van der Waals surface area contributed by atoms with E-state index in [-0.39, 0.29) is 10.6 Å². The zero-order chi connectivity index (χ0) is 25.6. The maximum absolute atomic E-state index is 13.4. The molecule has 0 saturated heterocycles. The fourth-order valence-electron chi connectivity index (χ4n) is 3.12. The number of nitro groups is 1. The number of hydrogen-bond donors (Lipinski definition) is 1. The van der Waals surface area contributed by atoms with Gasteiger partial charge in [-0.15, -0.1) is 0 Å². The van der Waals surface area contributed by atoms with Crippen LogP contribution in [0.2, 0.25) is 0 Å². The molecule has 3 rings (SSSR count). The highest BCUT2D eigenvalue weighted by molar-refractivity contribution is 7.92. The van der Waals surface area contributed by atoms with Crippen LogP contribution in [0, 0.1) is 17.0 Å². The summed E-state index contributed by atoms with van der Waals surface area (Å²) in [4.78, 5) is 23.2. The standard InChI is InChI=1S/C24H24N4O6S/c1-17-7-9-20(10-8-17)27(35(32,33)23-13-11-22(34-3)12-14-23)16-24(29)26-25-18(2)19-5-4-6-21(15-19)28(30)31/h4-15H,16H2,1-3H3,(H,26,29)/b25-18-. The molecule has 0 radical (unpaired) electrons. The van der Waals surface area contributed by atoms with Gasteiger partial charge in [0.25, 0.3) is 21.6 Å². The lowest BCUT2D eigenvalue weighted by atomic mass is 10.1. The summed E-state index contributed by atoms with van der Waals surface area (Å²) in [6.07, 6.45) is 0. The average molecular weight is 497 g/mol. The molecule has 3 aromatic rings. The van der Waals surface area contributed by atoms with Crippen LogP contribution in [0.5, 0.6) is 5.75 Å². The Labute approximate surface area is 203 Å². The number of methoxy groups -OCH3 is 1. The number of rotatable bonds is 9. The molecule has 11 heteroatoms. The summed E-state index contributed by atoms with van der Waals surface area (Å²) in [5, 5.41) is 15.0. The van der Waals surface area contributed by atoms with E-state index in [1.807, 2.05) is 6.92 Å². The first-order chi connectivity index (χ1) is 16.6. The second kappa shape index (κ2) is 10.8. The highest BCUT2D eigenvalue weighted by atomic mass is 32.2. The molecule has 182 valence electrons. The molecular formula is C24H24N4O6S. The molecule has 0 atom stereocenters. The number of hydrazone groups is 1. The number of amides is 1. The number of nitrogens with zero attached hydrogens (tertiary/aromatic N) is 3. The van der Waals surface area contributed by atoms with Gasteiger partial charge in [-0.1, -0.05) is 29.8 Å². The Morgan fingerprint density at radius 3 is 2.34 bits per heavy atom. The van der Waals surface area contributed by atoms with Gasteiger partial charge in [0.05, 0.1) is 28.3 Å². The quantitative estimate of drug-likeness (QED) is 0.273. The molecule has 0 unspecified atom stereocenters. The van der Waals surface area contributed by atoms with Gasteiger partial charge in [0.2, 0.25) is 0 Å². The van der Waals surface area contributed by atoms with Crippen molar-refractivity contribution in [1.82, 2.24) is 5.43 Å². The molecule has 0 aliphatic heterocycles. The van der Waals surface area contributed by atoms with Crippen molar-refractivity contribution in [3.05, 3.63) is 94.0 Å². The first-order valence-corrected chi connectivity index (χ1v) is 11.9. The number of hydrogen-bond acceptors (Lipinski definition) is 7. The molecular weight excluding hydrogens is 472 g/mol. The first-order valence-electron chi connectivity index (χ1n) is 10.4. The molecule has 0 bridgehead atoms. The third-order valence-electron chi connectivity index (χ3n) is 5.08. The maximum Gasteiger partial charge on any atom is 0.270 e. The molecule has 35 heavy (non-hydrogen) atoms. The van der Waals surface area contributed by atoms with Crippen molar-refractivity contribution in [3.63, 3.8) is 0 Å². The number of anilines is 1. The van der Waals surface area contributed by atoms with E-state index in [1.54, 1.807) is 37.3 Å². The van der Waals surface area contributed by atoms with E-state index in [9.17, 15) is 23.3 Å². The minimum atomic E-state index is -4.10. The third-order valence-corrected chi connectivity index (χ3v) is 6.87. The average Bonchev–Trinajstić information content (AvgIpc) is 2.86. The van der Waals surface area contributed by atoms with Crippen LogP contribution in [0.25, 0.3) is 0 Å². The van der Waals surface area contributed by atoms with Gasteiger partial charge < -0.3 is 4.74 Å².